The molecule has 0 spiro atoms. The van der Waals surface area contributed by atoms with Gasteiger partial charge in [-0.05, 0) is 11.1 Å². The fourth-order valence-corrected chi connectivity index (χ4v) is 7.18. The summed E-state index contributed by atoms with van der Waals surface area (Å²) in [6.45, 7) is 7.09. The molecule has 0 aliphatic carbocycles. The third-order valence-corrected chi connectivity index (χ3v) is 8.58. The van der Waals surface area contributed by atoms with Crippen LogP contribution in [0.4, 0.5) is 0 Å². The highest BCUT2D eigenvalue weighted by atomic mass is 28.3. The molecule has 1 aliphatic rings. The van der Waals surface area contributed by atoms with Crippen LogP contribution in [0.15, 0.2) is 78.9 Å². The molecule has 0 unspecified atom stereocenters. The Balaban J connectivity index is 0.000000176. The average Bonchev–Trinajstić information content (AvgIpc) is 3.02. The molecule has 144 valence electrons. The first-order chi connectivity index (χ1) is 13.3. The van der Waals surface area contributed by atoms with Crippen molar-refractivity contribution in [1.82, 2.24) is 0 Å². The number of fused-ring (bicyclic) bond motifs is 1. The quantitative estimate of drug-likeness (QED) is 0.412. The molecule has 4 rings (SSSR count). The van der Waals surface area contributed by atoms with E-state index in [1.807, 2.05) is 0 Å². The third kappa shape index (κ3) is 4.90. The van der Waals surface area contributed by atoms with E-state index in [1.54, 1.807) is 12.1 Å². The molecule has 3 aromatic carbocycles. The fourth-order valence-electron chi connectivity index (χ4n) is 3.58. The second-order valence-corrected chi connectivity index (χ2v) is 12.0. The number of esters is 1. The number of carbonyl (C=O) groups excluding carboxylic acids is 1. The largest absolute Gasteiger partial charge is 0.508 e. The zero-order valence-corrected chi connectivity index (χ0v) is 17.7. The highest BCUT2D eigenvalue weighted by molar-refractivity contribution is 6.87. The standard InChI is InChI=1S/C16H20Si.C8H6O3/c1-16(2,3)17(14-10-6-4-7-11-14)15-12-8-5-9-13-15;9-6-2-1-5-3-8(10)11-7(5)4-6/h4-13,17H,1-3H3;1-2,4,9H,3H2. The Hall–Kier alpha value is -2.85. The van der Waals surface area contributed by atoms with Gasteiger partial charge in [-0.2, -0.15) is 0 Å². The first-order valence-corrected chi connectivity index (χ1v) is 11.2. The summed E-state index contributed by atoms with van der Waals surface area (Å²) in [5, 5.41) is 12.4. The molecule has 1 aliphatic heterocycles. The molecule has 3 nitrogen and oxygen atoms in total. The van der Waals surface area contributed by atoms with Gasteiger partial charge in [-0.3, -0.25) is 4.79 Å². The minimum absolute atomic E-state index is 0.124. The molecule has 1 heterocycles. The third-order valence-electron chi connectivity index (χ3n) is 4.74. The Morgan fingerprint density at radius 3 is 1.89 bits per heavy atom. The molecule has 0 fully saturated rings. The maximum atomic E-state index is 10.7. The first-order valence-electron chi connectivity index (χ1n) is 9.47. The highest BCUT2D eigenvalue weighted by Gasteiger charge is 2.29. The van der Waals surface area contributed by atoms with E-state index in [9.17, 15) is 4.79 Å². The summed E-state index contributed by atoms with van der Waals surface area (Å²) in [7, 11) is -1.14. The molecule has 0 aromatic heterocycles. The number of rotatable bonds is 2. The highest BCUT2D eigenvalue weighted by Crippen LogP contribution is 2.29. The lowest BCUT2D eigenvalue weighted by Crippen LogP contribution is -2.48. The van der Waals surface area contributed by atoms with Crippen molar-refractivity contribution in [2.24, 2.45) is 0 Å². The van der Waals surface area contributed by atoms with Crippen LogP contribution in [-0.2, 0) is 11.2 Å². The molecule has 0 atom stereocenters. The van der Waals surface area contributed by atoms with Gasteiger partial charge in [-0.25, -0.2) is 0 Å². The van der Waals surface area contributed by atoms with Gasteiger partial charge < -0.3 is 9.84 Å². The summed E-state index contributed by atoms with van der Waals surface area (Å²) in [6, 6.07) is 26.7. The van der Waals surface area contributed by atoms with Crippen LogP contribution in [0.2, 0.25) is 5.04 Å². The number of phenols is 1. The minimum atomic E-state index is -1.14. The van der Waals surface area contributed by atoms with Crippen LogP contribution >= 0.6 is 0 Å². The zero-order valence-electron chi connectivity index (χ0n) is 16.6. The number of phenolic OH excluding ortho intramolecular Hbond substituents is 1. The van der Waals surface area contributed by atoms with E-state index >= 15 is 0 Å². The van der Waals surface area contributed by atoms with E-state index in [0.29, 0.717) is 17.2 Å². The lowest BCUT2D eigenvalue weighted by Gasteiger charge is -2.30. The van der Waals surface area contributed by atoms with Crippen LogP contribution in [-0.4, -0.2) is 19.9 Å². The molecular formula is C24H26O3Si. The van der Waals surface area contributed by atoms with Crippen LogP contribution < -0.4 is 15.1 Å². The van der Waals surface area contributed by atoms with Gasteiger partial charge in [0.15, 0.2) is 0 Å². The van der Waals surface area contributed by atoms with Crippen molar-refractivity contribution in [2.75, 3.05) is 0 Å². The Labute approximate surface area is 168 Å². The van der Waals surface area contributed by atoms with E-state index in [1.165, 1.54) is 16.4 Å². The molecule has 0 saturated carbocycles. The van der Waals surface area contributed by atoms with Gasteiger partial charge in [-0.15, -0.1) is 0 Å². The van der Waals surface area contributed by atoms with Crippen LogP contribution in [0.3, 0.4) is 0 Å². The Morgan fingerprint density at radius 2 is 1.39 bits per heavy atom. The second-order valence-electron chi connectivity index (χ2n) is 8.06. The summed E-state index contributed by atoms with van der Waals surface area (Å²) < 4.78 is 4.79. The normalized spacial score (nSPS) is 12.8. The Morgan fingerprint density at radius 1 is 0.857 bits per heavy atom. The molecule has 28 heavy (non-hydrogen) atoms. The average molecular weight is 391 g/mol. The number of ether oxygens (including phenoxy) is 1. The van der Waals surface area contributed by atoms with E-state index in [2.05, 4.69) is 81.4 Å². The van der Waals surface area contributed by atoms with Gasteiger partial charge in [0.05, 0.1) is 6.42 Å². The van der Waals surface area contributed by atoms with Crippen LogP contribution in [0, 0.1) is 0 Å². The van der Waals surface area contributed by atoms with E-state index in [4.69, 9.17) is 9.84 Å². The predicted molar refractivity (Wildman–Crippen MR) is 116 cm³/mol. The lowest BCUT2D eigenvalue weighted by atomic mass is 10.2. The van der Waals surface area contributed by atoms with Gasteiger partial charge in [-0.1, -0.05) is 97.9 Å². The van der Waals surface area contributed by atoms with Crippen LogP contribution in [0.1, 0.15) is 26.3 Å². The van der Waals surface area contributed by atoms with Crippen molar-refractivity contribution in [1.29, 1.82) is 0 Å². The van der Waals surface area contributed by atoms with Gasteiger partial charge >= 0.3 is 5.97 Å². The fraction of sp³-hybridized carbons (Fsp3) is 0.208. The summed E-state index contributed by atoms with van der Waals surface area (Å²) in [4.78, 5) is 10.7. The first kappa shape index (κ1) is 19.9. The van der Waals surface area contributed by atoms with Gasteiger partial charge in [0.1, 0.15) is 20.3 Å². The second kappa shape index (κ2) is 8.44. The maximum Gasteiger partial charge on any atom is 0.315 e. The number of aromatic hydroxyl groups is 1. The maximum absolute atomic E-state index is 10.7. The lowest BCUT2D eigenvalue weighted by molar-refractivity contribution is -0.131. The van der Waals surface area contributed by atoms with Crippen molar-refractivity contribution >= 4 is 25.1 Å². The molecule has 1 N–H and O–H groups in total. The van der Waals surface area contributed by atoms with Crippen molar-refractivity contribution in [3.63, 3.8) is 0 Å². The Kier molecular flexibility index (Phi) is 6.00. The van der Waals surface area contributed by atoms with Crippen molar-refractivity contribution in [3.05, 3.63) is 84.4 Å². The topological polar surface area (TPSA) is 46.5 Å². The minimum Gasteiger partial charge on any atom is -0.508 e. The van der Waals surface area contributed by atoms with E-state index < -0.39 is 8.80 Å². The SMILES string of the molecule is CC(C)(C)[SiH](c1ccccc1)c1ccccc1.O=C1Cc2ccc(O)cc2O1. The van der Waals surface area contributed by atoms with Crippen molar-refractivity contribution < 1.29 is 14.6 Å². The summed E-state index contributed by atoms with van der Waals surface area (Å²) in [5.74, 6) is 0.346. The molecule has 0 saturated heterocycles. The zero-order chi connectivity index (χ0) is 20.1. The van der Waals surface area contributed by atoms with Crippen molar-refractivity contribution in [3.8, 4) is 11.5 Å². The molecule has 0 radical (unpaired) electrons. The molecular weight excluding hydrogens is 364 g/mol. The van der Waals surface area contributed by atoms with Crippen LogP contribution in [0.25, 0.3) is 0 Å². The van der Waals surface area contributed by atoms with Gasteiger partial charge in [0.2, 0.25) is 0 Å². The number of hydrogen-bond acceptors (Lipinski definition) is 3. The van der Waals surface area contributed by atoms with Gasteiger partial charge in [0, 0.05) is 11.6 Å². The molecule has 0 amide bonds. The molecule has 3 aromatic rings. The number of hydrogen-bond donors (Lipinski definition) is 1. The van der Waals surface area contributed by atoms with Gasteiger partial charge in [0.25, 0.3) is 0 Å². The predicted octanol–water partition coefficient (Wildman–Crippen LogP) is 3.68. The Bertz CT molecular complexity index is 892. The number of carbonyl (C=O) groups is 1. The molecule has 4 heteroatoms. The monoisotopic (exact) mass is 390 g/mol. The summed E-state index contributed by atoms with van der Waals surface area (Å²) in [6.07, 6.45) is 0.315. The van der Waals surface area contributed by atoms with E-state index in [0.717, 1.165) is 5.56 Å². The van der Waals surface area contributed by atoms with E-state index in [-0.39, 0.29) is 11.7 Å². The van der Waals surface area contributed by atoms with Crippen molar-refractivity contribution in [2.45, 2.75) is 32.2 Å². The smallest absolute Gasteiger partial charge is 0.315 e. The summed E-state index contributed by atoms with van der Waals surface area (Å²) >= 11 is 0. The summed E-state index contributed by atoms with van der Waals surface area (Å²) in [5.41, 5.74) is 0.841. The van der Waals surface area contributed by atoms with Crippen LogP contribution in [0.5, 0.6) is 11.5 Å². The number of benzene rings is 3. The molecule has 0 bridgehead atoms.